The van der Waals surface area contributed by atoms with E-state index in [2.05, 4.69) is 9.89 Å². The molecule has 0 N–H and O–H groups in total. The van der Waals surface area contributed by atoms with Gasteiger partial charge in [-0.15, -0.1) is 0 Å². The summed E-state index contributed by atoms with van der Waals surface area (Å²) in [5.41, 5.74) is 1.11. The van der Waals surface area contributed by atoms with Gasteiger partial charge in [0.15, 0.2) is 0 Å². The van der Waals surface area contributed by atoms with Crippen molar-refractivity contribution in [3.63, 3.8) is 0 Å². The van der Waals surface area contributed by atoms with Crippen molar-refractivity contribution in [2.75, 3.05) is 7.11 Å². The molecular formula is C8H11NO3. The quantitative estimate of drug-likeness (QED) is 0.627. The van der Waals surface area contributed by atoms with E-state index in [1.165, 1.54) is 7.11 Å². The van der Waals surface area contributed by atoms with Crippen LogP contribution in [-0.4, -0.2) is 18.2 Å². The molecule has 0 spiro atoms. The lowest BCUT2D eigenvalue weighted by Gasteiger charge is -1.96. The Kier molecular flexibility index (Phi) is 2.47. The Morgan fingerprint density at radius 1 is 1.67 bits per heavy atom. The van der Waals surface area contributed by atoms with E-state index in [0.717, 1.165) is 0 Å². The second-order valence-electron chi connectivity index (χ2n) is 2.41. The second kappa shape index (κ2) is 3.38. The molecule has 0 saturated carbocycles. The molecule has 1 aromatic heterocycles. The predicted molar refractivity (Wildman–Crippen MR) is 42.0 cm³/mol. The van der Waals surface area contributed by atoms with Crippen LogP contribution in [0.25, 0.3) is 0 Å². The zero-order valence-corrected chi connectivity index (χ0v) is 7.38. The molecule has 1 rings (SSSR count). The SMILES string of the molecule is CCc1noc(C)c1C(=O)OC. The zero-order chi connectivity index (χ0) is 9.14. The van der Waals surface area contributed by atoms with Crippen LogP contribution < -0.4 is 0 Å². The number of nitrogens with zero attached hydrogens (tertiary/aromatic N) is 1. The molecule has 12 heavy (non-hydrogen) atoms. The van der Waals surface area contributed by atoms with Gasteiger partial charge >= 0.3 is 5.97 Å². The molecule has 0 aliphatic rings. The highest BCUT2D eigenvalue weighted by molar-refractivity contribution is 5.91. The van der Waals surface area contributed by atoms with E-state index < -0.39 is 0 Å². The van der Waals surface area contributed by atoms with Crippen LogP contribution in [0.1, 0.15) is 28.7 Å². The number of hydrogen-bond donors (Lipinski definition) is 0. The number of hydrogen-bond acceptors (Lipinski definition) is 4. The van der Waals surface area contributed by atoms with Crippen molar-refractivity contribution >= 4 is 5.97 Å². The molecule has 0 atom stereocenters. The molecule has 0 fully saturated rings. The summed E-state index contributed by atoms with van der Waals surface area (Å²) in [4.78, 5) is 11.2. The molecule has 0 aliphatic carbocycles. The first-order valence-electron chi connectivity index (χ1n) is 3.74. The monoisotopic (exact) mass is 169 g/mol. The number of carbonyl (C=O) groups is 1. The van der Waals surface area contributed by atoms with Crippen LogP contribution in [0.3, 0.4) is 0 Å². The average molecular weight is 169 g/mol. The minimum absolute atomic E-state index is 0.384. The summed E-state index contributed by atoms with van der Waals surface area (Å²) in [6, 6.07) is 0. The minimum atomic E-state index is -0.384. The Bertz CT molecular complexity index is 290. The van der Waals surface area contributed by atoms with Crippen molar-refractivity contribution in [3.8, 4) is 0 Å². The molecule has 0 unspecified atom stereocenters. The van der Waals surface area contributed by atoms with Crippen molar-refractivity contribution in [3.05, 3.63) is 17.0 Å². The van der Waals surface area contributed by atoms with Gasteiger partial charge in [0.25, 0.3) is 0 Å². The van der Waals surface area contributed by atoms with Crippen LogP contribution in [0.2, 0.25) is 0 Å². The molecule has 4 heteroatoms. The van der Waals surface area contributed by atoms with Crippen LogP contribution in [0.5, 0.6) is 0 Å². The predicted octanol–water partition coefficient (Wildman–Crippen LogP) is 1.33. The first-order valence-corrected chi connectivity index (χ1v) is 3.74. The van der Waals surface area contributed by atoms with E-state index >= 15 is 0 Å². The number of ether oxygens (including phenoxy) is 1. The minimum Gasteiger partial charge on any atom is -0.465 e. The lowest BCUT2D eigenvalue weighted by molar-refractivity contribution is 0.0597. The molecule has 1 aromatic rings. The molecule has 0 bridgehead atoms. The largest absolute Gasteiger partial charge is 0.465 e. The fourth-order valence-electron chi connectivity index (χ4n) is 1.02. The Labute approximate surface area is 70.5 Å². The highest BCUT2D eigenvalue weighted by Crippen LogP contribution is 2.14. The van der Waals surface area contributed by atoms with E-state index in [-0.39, 0.29) is 5.97 Å². The molecule has 4 nitrogen and oxygen atoms in total. The molecular weight excluding hydrogens is 158 g/mol. The molecule has 0 saturated heterocycles. The van der Waals surface area contributed by atoms with Crippen LogP contribution in [0, 0.1) is 6.92 Å². The van der Waals surface area contributed by atoms with E-state index in [1.54, 1.807) is 6.92 Å². The molecule has 66 valence electrons. The van der Waals surface area contributed by atoms with Gasteiger partial charge in [0.05, 0.1) is 12.8 Å². The molecule has 0 aromatic carbocycles. The van der Waals surface area contributed by atoms with Gasteiger partial charge in [-0.05, 0) is 13.3 Å². The lowest BCUT2D eigenvalue weighted by Crippen LogP contribution is -2.04. The lowest BCUT2D eigenvalue weighted by atomic mass is 10.1. The van der Waals surface area contributed by atoms with E-state index in [0.29, 0.717) is 23.4 Å². The van der Waals surface area contributed by atoms with E-state index in [1.807, 2.05) is 6.92 Å². The van der Waals surface area contributed by atoms with Crippen molar-refractivity contribution in [1.82, 2.24) is 5.16 Å². The number of methoxy groups -OCH3 is 1. The third-order valence-electron chi connectivity index (χ3n) is 1.66. The van der Waals surface area contributed by atoms with Gasteiger partial charge in [0.2, 0.25) is 0 Å². The summed E-state index contributed by atoms with van der Waals surface area (Å²) in [5, 5.41) is 3.73. The second-order valence-corrected chi connectivity index (χ2v) is 2.41. The van der Waals surface area contributed by atoms with Gasteiger partial charge in [0, 0.05) is 0 Å². The normalized spacial score (nSPS) is 9.92. The Hall–Kier alpha value is -1.32. The number of aryl methyl sites for hydroxylation is 2. The van der Waals surface area contributed by atoms with Gasteiger partial charge in [0.1, 0.15) is 11.3 Å². The molecule has 0 amide bonds. The van der Waals surface area contributed by atoms with Gasteiger partial charge < -0.3 is 9.26 Å². The van der Waals surface area contributed by atoms with Crippen LogP contribution >= 0.6 is 0 Å². The smallest absolute Gasteiger partial charge is 0.343 e. The summed E-state index contributed by atoms with van der Waals surface area (Å²) in [6.45, 7) is 3.60. The highest BCUT2D eigenvalue weighted by atomic mass is 16.5. The Morgan fingerprint density at radius 3 is 2.83 bits per heavy atom. The topological polar surface area (TPSA) is 52.3 Å². The van der Waals surface area contributed by atoms with Crippen molar-refractivity contribution in [2.24, 2.45) is 0 Å². The van der Waals surface area contributed by atoms with E-state index in [9.17, 15) is 4.79 Å². The van der Waals surface area contributed by atoms with Crippen LogP contribution in [0.4, 0.5) is 0 Å². The maximum Gasteiger partial charge on any atom is 0.343 e. The van der Waals surface area contributed by atoms with Crippen LogP contribution in [0.15, 0.2) is 4.52 Å². The third-order valence-corrected chi connectivity index (χ3v) is 1.66. The van der Waals surface area contributed by atoms with Gasteiger partial charge in [-0.1, -0.05) is 12.1 Å². The first kappa shape index (κ1) is 8.77. The van der Waals surface area contributed by atoms with Gasteiger partial charge in [-0.3, -0.25) is 0 Å². The van der Waals surface area contributed by atoms with Crippen molar-refractivity contribution < 1.29 is 14.1 Å². The summed E-state index contributed by atoms with van der Waals surface area (Å²) >= 11 is 0. The summed E-state index contributed by atoms with van der Waals surface area (Å²) in [7, 11) is 1.34. The summed E-state index contributed by atoms with van der Waals surface area (Å²) in [6.07, 6.45) is 0.668. The Morgan fingerprint density at radius 2 is 2.33 bits per heavy atom. The number of rotatable bonds is 2. The van der Waals surface area contributed by atoms with Crippen LogP contribution in [-0.2, 0) is 11.2 Å². The molecule has 1 heterocycles. The van der Waals surface area contributed by atoms with Gasteiger partial charge in [-0.2, -0.15) is 0 Å². The fraction of sp³-hybridized carbons (Fsp3) is 0.500. The maximum absolute atomic E-state index is 11.2. The first-order chi connectivity index (χ1) is 5.70. The van der Waals surface area contributed by atoms with Crippen molar-refractivity contribution in [2.45, 2.75) is 20.3 Å². The molecule has 0 aliphatic heterocycles. The maximum atomic E-state index is 11.2. The summed E-state index contributed by atoms with van der Waals surface area (Å²) < 4.78 is 9.44. The standard InChI is InChI=1S/C8H11NO3/c1-4-6-7(8(10)11-3)5(2)12-9-6/h4H2,1-3H3. The number of carbonyl (C=O) groups excluding carboxylic acids is 1. The number of aromatic nitrogens is 1. The highest BCUT2D eigenvalue weighted by Gasteiger charge is 2.18. The number of esters is 1. The average Bonchev–Trinajstić information content (AvgIpc) is 2.45. The third kappa shape index (κ3) is 1.32. The van der Waals surface area contributed by atoms with Gasteiger partial charge in [-0.25, -0.2) is 4.79 Å². The zero-order valence-electron chi connectivity index (χ0n) is 7.38. The molecule has 0 radical (unpaired) electrons. The summed E-state index contributed by atoms with van der Waals surface area (Å²) in [5.74, 6) is 0.129. The Balaban J connectivity index is 3.10. The van der Waals surface area contributed by atoms with Crippen molar-refractivity contribution in [1.29, 1.82) is 0 Å². The van der Waals surface area contributed by atoms with E-state index in [4.69, 9.17) is 4.52 Å². The fourth-order valence-corrected chi connectivity index (χ4v) is 1.02.